The van der Waals surface area contributed by atoms with Crippen LogP contribution in [0.3, 0.4) is 0 Å². The van der Waals surface area contributed by atoms with E-state index in [2.05, 4.69) is 30.5 Å². The van der Waals surface area contributed by atoms with Crippen molar-refractivity contribution in [1.82, 2.24) is 10.6 Å². The second kappa shape index (κ2) is 12.6. The molecule has 0 aliphatic carbocycles. The molecule has 1 unspecified atom stereocenters. The first-order valence-corrected chi connectivity index (χ1v) is 11.6. The van der Waals surface area contributed by atoms with Gasteiger partial charge in [0.25, 0.3) is 0 Å². The first-order valence-electron chi connectivity index (χ1n) is 11.6. The van der Waals surface area contributed by atoms with Gasteiger partial charge in [-0.2, -0.15) is 0 Å². The number of rotatable bonds is 11. The van der Waals surface area contributed by atoms with Crippen molar-refractivity contribution in [3.8, 4) is 5.75 Å². The van der Waals surface area contributed by atoms with Gasteiger partial charge in [-0.1, -0.05) is 12.1 Å². The number of nitrogens with zero attached hydrogens (tertiary/aromatic N) is 1. The van der Waals surface area contributed by atoms with Crippen molar-refractivity contribution in [3.63, 3.8) is 0 Å². The van der Waals surface area contributed by atoms with Crippen LogP contribution < -0.4 is 15.4 Å². The molecule has 172 valence electrons. The van der Waals surface area contributed by atoms with E-state index in [4.69, 9.17) is 23.6 Å². The van der Waals surface area contributed by atoms with E-state index in [1.165, 1.54) is 0 Å². The Balaban J connectivity index is 1.49. The lowest BCUT2D eigenvalue weighted by Gasteiger charge is -2.21. The number of hydrogen-bond donors (Lipinski definition) is 2. The number of nitrogens with one attached hydrogen (secondary N) is 2. The predicted molar refractivity (Wildman–Crippen MR) is 124 cm³/mol. The molecule has 2 heterocycles. The Morgan fingerprint density at radius 1 is 1.26 bits per heavy atom. The molecule has 31 heavy (non-hydrogen) atoms. The molecule has 0 spiro atoms. The zero-order valence-corrected chi connectivity index (χ0v) is 19.1. The fourth-order valence-corrected chi connectivity index (χ4v) is 3.66. The maximum Gasteiger partial charge on any atom is 0.191 e. The molecule has 1 aliphatic heterocycles. The van der Waals surface area contributed by atoms with Crippen LogP contribution in [0.15, 0.2) is 33.7 Å². The van der Waals surface area contributed by atoms with Crippen molar-refractivity contribution in [1.29, 1.82) is 0 Å². The first kappa shape index (κ1) is 23.4. The number of furan rings is 1. The minimum Gasteiger partial charge on any atom is -0.490 e. The molecule has 7 heteroatoms. The molecule has 1 aromatic carbocycles. The fourth-order valence-electron chi connectivity index (χ4n) is 3.66. The SMILES string of the molecule is CCNC(=NCCCOCC1CCOCC1)NC(C)c1cc2cccc(OCC)c2o1. The molecular formula is C24H37N3O4. The molecule has 2 N–H and O–H groups in total. The maximum absolute atomic E-state index is 6.11. The zero-order chi connectivity index (χ0) is 21.9. The third kappa shape index (κ3) is 7.14. The van der Waals surface area contributed by atoms with E-state index in [1.807, 2.05) is 25.1 Å². The molecule has 1 atom stereocenters. The molecule has 0 amide bonds. The smallest absolute Gasteiger partial charge is 0.191 e. The number of benzene rings is 1. The Hall–Kier alpha value is -2.25. The largest absolute Gasteiger partial charge is 0.490 e. The van der Waals surface area contributed by atoms with Gasteiger partial charge in [-0.25, -0.2) is 0 Å². The Bertz CT molecular complexity index is 814. The van der Waals surface area contributed by atoms with Gasteiger partial charge in [0.05, 0.1) is 12.6 Å². The number of ether oxygens (including phenoxy) is 3. The molecule has 1 saturated heterocycles. The van der Waals surface area contributed by atoms with Crippen LogP contribution in [0.4, 0.5) is 0 Å². The number of aliphatic imine (C=N–C) groups is 1. The van der Waals surface area contributed by atoms with Gasteiger partial charge in [0.2, 0.25) is 0 Å². The minimum absolute atomic E-state index is 0.0237. The lowest BCUT2D eigenvalue weighted by Crippen LogP contribution is -2.38. The van der Waals surface area contributed by atoms with Gasteiger partial charge in [0.1, 0.15) is 5.76 Å². The minimum atomic E-state index is -0.0237. The molecule has 3 rings (SSSR count). The average Bonchev–Trinajstić information content (AvgIpc) is 3.23. The van der Waals surface area contributed by atoms with Gasteiger partial charge in [-0.15, -0.1) is 0 Å². The van der Waals surface area contributed by atoms with Crippen LogP contribution >= 0.6 is 0 Å². The first-order chi connectivity index (χ1) is 15.2. The Kier molecular flexibility index (Phi) is 9.49. The van der Waals surface area contributed by atoms with Crippen molar-refractivity contribution in [2.75, 3.05) is 46.1 Å². The van der Waals surface area contributed by atoms with Crippen LogP contribution in [0.1, 0.15) is 51.8 Å². The maximum atomic E-state index is 6.11. The summed E-state index contributed by atoms with van der Waals surface area (Å²) in [6.07, 6.45) is 3.12. The van der Waals surface area contributed by atoms with Gasteiger partial charge in [0, 0.05) is 44.9 Å². The van der Waals surface area contributed by atoms with Crippen LogP contribution in [0.5, 0.6) is 5.75 Å². The average molecular weight is 432 g/mol. The second-order valence-electron chi connectivity index (χ2n) is 7.87. The monoisotopic (exact) mass is 431 g/mol. The van der Waals surface area contributed by atoms with Crippen molar-refractivity contribution < 1.29 is 18.6 Å². The van der Waals surface area contributed by atoms with Crippen molar-refractivity contribution in [2.45, 2.75) is 46.1 Å². The highest BCUT2D eigenvalue weighted by molar-refractivity contribution is 5.84. The van der Waals surface area contributed by atoms with E-state index < -0.39 is 0 Å². The van der Waals surface area contributed by atoms with Crippen molar-refractivity contribution in [2.24, 2.45) is 10.9 Å². The zero-order valence-electron chi connectivity index (χ0n) is 19.1. The van der Waals surface area contributed by atoms with Gasteiger partial charge < -0.3 is 29.3 Å². The van der Waals surface area contributed by atoms with E-state index in [1.54, 1.807) is 0 Å². The van der Waals surface area contributed by atoms with Gasteiger partial charge >= 0.3 is 0 Å². The van der Waals surface area contributed by atoms with E-state index in [-0.39, 0.29) is 6.04 Å². The number of guanidine groups is 1. The predicted octanol–water partition coefficient (Wildman–Crippen LogP) is 4.28. The highest BCUT2D eigenvalue weighted by atomic mass is 16.5. The summed E-state index contributed by atoms with van der Waals surface area (Å²) >= 11 is 0. The summed E-state index contributed by atoms with van der Waals surface area (Å²) in [6, 6.07) is 8.00. The quantitative estimate of drug-likeness (QED) is 0.314. The summed E-state index contributed by atoms with van der Waals surface area (Å²) in [5.74, 6) is 3.06. The molecule has 0 radical (unpaired) electrons. The summed E-state index contributed by atoms with van der Waals surface area (Å²) in [5, 5.41) is 7.79. The number of para-hydroxylation sites is 1. The highest BCUT2D eigenvalue weighted by Crippen LogP contribution is 2.31. The molecule has 0 saturated carbocycles. The molecule has 1 aliphatic rings. The standard InChI is InChI=1S/C24H37N3O4/c1-4-25-24(26-12-7-13-29-17-19-10-14-28-15-11-19)27-18(3)22-16-20-8-6-9-21(30-5-2)23(20)31-22/h6,8-9,16,18-19H,4-5,7,10-15,17H2,1-3H3,(H2,25,26,27). The van der Waals surface area contributed by atoms with Crippen molar-refractivity contribution in [3.05, 3.63) is 30.0 Å². The number of fused-ring (bicyclic) bond motifs is 1. The van der Waals surface area contributed by atoms with E-state index in [9.17, 15) is 0 Å². The Morgan fingerprint density at radius 3 is 2.87 bits per heavy atom. The van der Waals surface area contributed by atoms with E-state index in [0.717, 1.165) is 80.7 Å². The van der Waals surface area contributed by atoms with Crippen LogP contribution in [-0.2, 0) is 9.47 Å². The molecular weight excluding hydrogens is 394 g/mol. The topological polar surface area (TPSA) is 77.3 Å². The summed E-state index contributed by atoms with van der Waals surface area (Å²) in [5.41, 5.74) is 0.789. The van der Waals surface area contributed by atoms with Crippen molar-refractivity contribution >= 4 is 16.9 Å². The van der Waals surface area contributed by atoms with Crippen LogP contribution in [0, 0.1) is 5.92 Å². The van der Waals surface area contributed by atoms with Gasteiger partial charge in [-0.3, -0.25) is 4.99 Å². The summed E-state index contributed by atoms with van der Waals surface area (Å²) in [6.45, 7) is 11.5. The van der Waals surface area contributed by atoms with Gasteiger partial charge in [-0.05, 0) is 58.1 Å². The third-order valence-electron chi connectivity index (χ3n) is 5.36. The summed E-state index contributed by atoms with van der Waals surface area (Å²) in [4.78, 5) is 4.69. The van der Waals surface area contributed by atoms with Gasteiger partial charge in [0.15, 0.2) is 17.3 Å². The Labute approximate surface area is 185 Å². The van der Waals surface area contributed by atoms with Crippen LogP contribution in [-0.4, -0.2) is 52.1 Å². The van der Waals surface area contributed by atoms with E-state index in [0.29, 0.717) is 19.1 Å². The lowest BCUT2D eigenvalue weighted by atomic mass is 10.0. The normalized spacial score (nSPS) is 16.4. The highest BCUT2D eigenvalue weighted by Gasteiger charge is 2.16. The molecule has 2 aromatic rings. The fraction of sp³-hybridized carbons (Fsp3) is 0.625. The molecule has 1 fully saturated rings. The summed E-state index contributed by atoms with van der Waals surface area (Å²) in [7, 11) is 0. The molecule has 0 bridgehead atoms. The lowest BCUT2D eigenvalue weighted by molar-refractivity contribution is 0.0205. The molecule has 7 nitrogen and oxygen atoms in total. The third-order valence-corrected chi connectivity index (χ3v) is 5.36. The second-order valence-corrected chi connectivity index (χ2v) is 7.87. The summed E-state index contributed by atoms with van der Waals surface area (Å²) < 4.78 is 23.0. The molecule has 1 aromatic heterocycles. The van der Waals surface area contributed by atoms with E-state index >= 15 is 0 Å². The van der Waals surface area contributed by atoms with Crippen LogP contribution in [0.2, 0.25) is 0 Å². The number of hydrogen-bond acceptors (Lipinski definition) is 5. The van der Waals surface area contributed by atoms with Crippen LogP contribution in [0.25, 0.3) is 11.0 Å². The Morgan fingerprint density at radius 2 is 2.10 bits per heavy atom.